The van der Waals surface area contributed by atoms with E-state index in [2.05, 4.69) is 25.5 Å². The second kappa shape index (κ2) is 16.5. The summed E-state index contributed by atoms with van der Waals surface area (Å²) >= 11 is 14.0. The summed E-state index contributed by atoms with van der Waals surface area (Å²) in [7, 11) is 4.80. The number of aromatic nitrogens is 4. The maximum atomic E-state index is 13.8. The van der Waals surface area contributed by atoms with Crippen molar-refractivity contribution in [2.75, 3.05) is 51.0 Å². The van der Waals surface area contributed by atoms with Crippen LogP contribution in [-0.4, -0.2) is 93.3 Å². The predicted molar refractivity (Wildman–Crippen MR) is 230 cm³/mol. The number of imidazole rings is 1. The number of esters is 2. The summed E-state index contributed by atoms with van der Waals surface area (Å²) in [5, 5.41) is 11.2. The first-order chi connectivity index (χ1) is 29.4. The predicted octanol–water partition coefficient (Wildman–Crippen LogP) is 7.30. The molecule has 2 aliphatic carbocycles. The number of aryl methyl sites for hydroxylation is 1. The summed E-state index contributed by atoms with van der Waals surface area (Å²) in [5.74, 6) is -0.839. The number of anilines is 2. The van der Waals surface area contributed by atoms with Crippen LogP contribution >= 0.6 is 23.2 Å². The molecule has 0 unspecified atom stereocenters. The fraction of sp³-hybridized carbons (Fsp3) is 0.511. The summed E-state index contributed by atoms with van der Waals surface area (Å²) in [6, 6.07) is 12.6. The summed E-state index contributed by atoms with van der Waals surface area (Å²) in [6.45, 7) is 4.57. The van der Waals surface area contributed by atoms with Gasteiger partial charge in [0.1, 0.15) is 0 Å². The molecule has 2 saturated carbocycles. The summed E-state index contributed by atoms with van der Waals surface area (Å²) in [5.41, 5.74) is 5.07. The van der Waals surface area contributed by atoms with Gasteiger partial charge in [-0.15, -0.1) is 0 Å². The van der Waals surface area contributed by atoms with Crippen molar-refractivity contribution in [1.82, 2.24) is 29.1 Å². The molecule has 1 saturated heterocycles. The van der Waals surface area contributed by atoms with Gasteiger partial charge >= 0.3 is 11.9 Å². The van der Waals surface area contributed by atoms with Crippen molar-refractivity contribution in [1.29, 1.82) is 0 Å². The Balaban J connectivity index is 0.855. The number of fused-ring (bicyclic) bond motifs is 4. The van der Waals surface area contributed by atoms with Crippen LogP contribution in [0.1, 0.15) is 102 Å². The fourth-order valence-corrected chi connectivity index (χ4v) is 11.5. The molecule has 2 amide bonds. The first-order valence-electron chi connectivity index (χ1n) is 21.4. The molecular formula is C45H52Cl2N8O6. The second-order valence-corrected chi connectivity index (χ2v) is 18.5. The molecule has 4 aromatic rings. The zero-order chi connectivity index (χ0) is 42.6. The van der Waals surface area contributed by atoms with Crippen LogP contribution in [0.2, 0.25) is 10.0 Å². The first kappa shape index (κ1) is 41.6. The van der Waals surface area contributed by atoms with Crippen LogP contribution < -0.4 is 10.6 Å². The van der Waals surface area contributed by atoms with Crippen molar-refractivity contribution in [3.05, 3.63) is 81.1 Å². The third-order valence-electron chi connectivity index (χ3n) is 14.3. The number of benzene rings is 2. The third-order valence-corrected chi connectivity index (χ3v) is 15.1. The van der Waals surface area contributed by atoms with Crippen LogP contribution in [0.25, 0.3) is 11.1 Å². The monoisotopic (exact) mass is 870 g/mol. The minimum absolute atomic E-state index is 0.0449. The van der Waals surface area contributed by atoms with Crippen LogP contribution in [0.4, 0.5) is 11.4 Å². The number of halogens is 2. The van der Waals surface area contributed by atoms with E-state index in [0.29, 0.717) is 58.0 Å². The summed E-state index contributed by atoms with van der Waals surface area (Å²) in [4.78, 5) is 61.8. The third kappa shape index (κ3) is 7.63. The van der Waals surface area contributed by atoms with Gasteiger partial charge in [0.15, 0.2) is 11.5 Å². The normalized spacial score (nSPS) is 24.6. The minimum atomic E-state index is -0.393. The van der Waals surface area contributed by atoms with Crippen molar-refractivity contribution >= 4 is 58.3 Å². The molecule has 61 heavy (non-hydrogen) atoms. The van der Waals surface area contributed by atoms with Gasteiger partial charge in [0.05, 0.1) is 64.4 Å². The molecule has 3 aliphatic heterocycles. The second-order valence-electron chi connectivity index (χ2n) is 17.7. The van der Waals surface area contributed by atoms with Crippen LogP contribution in [-0.2, 0) is 45.6 Å². The quantitative estimate of drug-likeness (QED) is 0.147. The molecule has 0 radical (unpaired) electrons. The van der Waals surface area contributed by atoms with E-state index in [0.717, 1.165) is 101 Å². The minimum Gasteiger partial charge on any atom is -0.469 e. The summed E-state index contributed by atoms with van der Waals surface area (Å²) < 4.78 is 13.9. The number of likely N-dealkylation sites (tertiary alicyclic amines) is 1. The first-order valence-corrected chi connectivity index (χ1v) is 22.1. The Kier molecular flexibility index (Phi) is 11.2. The zero-order valence-electron chi connectivity index (χ0n) is 34.9. The van der Waals surface area contributed by atoms with Crippen molar-refractivity contribution in [3.63, 3.8) is 0 Å². The molecule has 16 heteroatoms. The topological polar surface area (TPSA) is 153 Å². The van der Waals surface area contributed by atoms with E-state index in [1.54, 1.807) is 24.3 Å². The van der Waals surface area contributed by atoms with Gasteiger partial charge in [0.2, 0.25) is 0 Å². The molecule has 2 aromatic heterocycles. The Morgan fingerprint density at radius 1 is 0.885 bits per heavy atom. The number of carbonyl (C=O) groups is 4. The average Bonchev–Trinajstić information content (AvgIpc) is 4.12. The van der Waals surface area contributed by atoms with Gasteiger partial charge in [-0.25, -0.2) is 4.98 Å². The highest BCUT2D eigenvalue weighted by atomic mass is 35.5. The maximum Gasteiger partial charge on any atom is 0.311 e. The molecule has 2 bridgehead atoms. The Morgan fingerprint density at radius 3 is 2.28 bits per heavy atom. The number of rotatable bonds is 11. The highest BCUT2D eigenvalue weighted by Crippen LogP contribution is 2.63. The van der Waals surface area contributed by atoms with E-state index in [4.69, 9.17) is 37.7 Å². The van der Waals surface area contributed by atoms with Gasteiger partial charge in [-0.2, -0.15) is 5.10 Å². The van der Waals surface area contributed by atoms with Gasteiger partial charge in [0, 0.05) is 56.5 Å². The SMILES string of the molecule is COC(=O)[C@@H]1CCN([C@H]2CCCn3nc(C(=O)Nc4cccc(-c5cccc(NC(=O)c6nc7c(n6C)CCN(CCC68CCC(C(=O)OC)(CC6)C8)C7)c5Cl)c4Cl)cc32)C1. The molecule has 5 heterocycles. The largest absolute Gasteiger partial charge is 0.469 e. The molecule has 9 rings (SSSR count). The lowest BCUT2D eigenvalue weighted by atomic mass is 9.80. The number of amides is 2. The molecular weight excluding hydrogens is 819 g/mol. The van der Waals surface area contributed by atoms with Gasteiger partial charge in [-0.05, 0) is 94.5 Å². The maximum absolute atomic E-state index is 13.8. The van der Waals surface area contributed by atoms with E-state index in [1.165, 1.54) is 14.2 Å². The van der Waals surface area contributed by atoms with Crippen LogP contribution in [0.5, 0.6) is 0 Å². The van der Waals surface area contributed by atoms with Crippen LogP contribution in [0.3, 0.4) is 0 Å². The molecule has 14 nitrogen and oxygen atoms in total. The number of ether oxygens (including phenoxy) is 2. The molecule has 5 aliphatic rings. The lowest BCUT2D eigenvalue weighted by Gasteiger charge is -2.32. The van der Waals surface area contributed by atoms with E-state index < -0.39 is 5.91 Å². The Labute approximate surface area is 365 Å². The molecule has 3 fully saturated rings. The van der Waals surface area contributed by atoms with E-state index >= 15 is 0 Å². The lowest BCUT2D eigenvalue weighted by molar-refractivity contribution is -0.152. The van der Waals surface area contributed by atoms with Crippen molar-refractivity contribution in [3.8, 4) is 11.1 Å². The molecule has 0 spiro atoms. The van der Waals surface area contributed by atoms with E-state index in [-0.39, 0.29) is 46.3 Å². The number of hydrogen-bond acceptors (Lipinski definition) is 10. The number of carbonyl (C=O) groups excluding carboxylic acids is 4. The standard InChI is InChI=1S/C45H52Cl2N8O6/c1-52-34-13-20-53(22-18-44-14-16-45(26-44,17-15-44)43(59)61-3)25-33(34)48-39(52)41(57)50-31-10-5-8-29(38(31)47)28-7-4-9-30(37(28)46)49-40(56)32-23-36-35(11-6-19-55(36)51-32)54-21-12-27(24-54)42(58)60-2/h4-5,7-10,23,27,35H,6,11-22,24-26H2,1-3H3,(H,49,56)(H,50,57)/t27-,35+,44?,45?/m1/s1. The number of hydrogen-bond donors (Lipinski definition) is 2. The van der Waals surface area contributed by atoms with Gasteiger partial charge in [-0.1, -0.05) is 47.5 Å². The van der Waals surface area contributed by atoms with Crippen molar-refractivity contribution < 1.29 is 28.7 Å². The van der Waals surface area contributed by atoms with Crippen LogP contribution in [0, 0.1) is 16.7 Å². The van der Waals surface area contributed by atoms with Gasteiger partial charge < -0.3 is 24.7 Å². The van der Waals surface area contributed by atoms with Crippen LogP contribution in [0.15, 0.2) is 42.5 Å². The average molecular weight is 872 g/mol. The van der Waals surface area contributed by atoms with Crippen molar-refractivity contribution in [2.45, 2.75) is 83.3 Å². The Hall–Kier alpha value is -4.76. The number of nitrogens with one attached hydrogen (secondary N) is 2. The summed E-state index contributed by atoms with van der Waals surface area (Å²) in [6.07, 6.45) is 9.32. The molecule has 322 valence electrons. The zero-order valence-corrected chi connectivity index (χ0v) is 36.4. The van der Waals surface area contributed by atoms with E-state index in [1.807, 2.05) is 34.5 Å². The van der Waals surface area contributed by atoms with Gasteiger partial charge in [0.25, 0.3) is 11.8 Å². The number of nitrogens with zero attached hydrogens (tertiary/aromatic N) is 6. The molecule has 2 atom stereocenters. The lowest BCUT2D eigenvalue weighted by Crippen LogP contribution is -2.34. The molecule has 2 aromatic carbocycles. The number of methoxy groups -OCH3 is 2. The van der Waals surface area contributed by atoms with Crippen molar-refractivity contribution in [2.24, 2.45) is 23.8 Å². The van der Waals surface area contributed by atoms with Gasteiger partial charge in [-0.3, -0.25) is 33.7 Å². The highest BCUT2D eigenvalue weighted by Gasteiger charge is 2.58. The molecule has 2 N–H and O–H groups in total. The smallest absolute Gasteiger partial charge is 0.311 e. The Morgan fingerprint density at radius 2 is 1.59 bits per heavy atom. The Bertz CT molecular complexity index is 2400. The highest BCUT2D eigenvalue weighted by molar-refractivity contribution is 6.40. The van der Waals surface area contributed by atoms with E-state index in [9.17, 15) is 19.2 Å². The fourth-order valence-electron chi connectivity index (χ4n) is 10.9.